The number of hydrogen-bond donors (Lipinski definition) is 2. The fourth-order valence-electron chi connectivity index (χ4n) is 3.95. The van der Waals surface area contributed by atoms with Gasteiger partial charge in [0, 0.05) is 37.0 Å². The number of nitrogens with zero attached hydrogens (tertiary/aromatic N) is 3. The Hall–Kier alpha value is -2.34. The van der Waals surface area contributed by atoms with Crippen molar-refractivity contribution in [2.24, 2.45) is 10.9 Å². The summed E-state index contributed by atoms with van der Waals surface area (Å²) in [5, 5.41) is 10.6. The topological polar surface area (TPSA) is 65.5 Å². The molecule has 1 aliphatic heterocycles. The molecule has 1 aliphatic carbocycles. The van der Waals surface area contributed by atoms with E-state index in [0.717, 1.165) is 54.2 Å². The molecule has 1 aromatic heterocycles. The van der Waals surface area contributed by atoms with Gasteiger partial charge in [0.05, 0.1) is 30.8 Å². The number of hydrogen-bond acceptors (Lipinski definition) is 5. The molecule has 1 aromatic rings. The Labute approximate surface area is 174 Å². The van der Waals surface area contributed by atoms with Gasteiger partial charge in [-0.25, -0.2) is 0 Å². The lowest BCUT2D eigenvalue weighted by molar-refractivity contribution is 0.00670. The second-order valence-corrected chi connectivity index (χ2v) is 8.45. The second kappa shape index (κ2) is 9.92. The molecule has 0 aromatic carbocycles. The Morgan fingerprint density at radius 2 is 2.03 bits per heavy atom. The fraction of sp³-hybridized carbons (Fsp3) is 0.565. The van der Waals surface area contributed by atoms with Crippen LogP contribution in [-0.2, 0) is 4.74 Å². The largest absolute Gasteiger partial charge is 0.380 e. The van der Waals surface area contributed by atoms with Crippen LogP contribution in [-0.4, -0.2) is 48.1 Å². The van der Waals surface area contributed by atoms with Crippen molar-refractivity contribution in [2.75, 3.05) is 32.1 Å². The van der Waals surface area contributed by atoms with E-state index in [-0.39, 0.29) is 0 Å². The van der Waals surface area contributed by atoms with Crippen molar-refractivity contribution in [2.45, 2.75) is 51.9 Å². The Balaban J connectivity index is 1.60. The highest BCUT2D eigenvalue weighted by Crippen LogP contribution is 2.27. The maximum atomic E-state index is 5.23. The first-order chi connectivity index (χ1) is 13.9. The fourth-order valence-corrected chi connectivity index (χ4v) is 3.95. The molecule has 6 heteroatoms. The van der Waals surface area contributed by atoms with Crippen molar-refractivity contribution in [3.8, 4) is 0 Å². The van der Waals surface area contributed by atoms with Gasteiger partial charge in [-0.3, -0.25) is 10.1 Å². The number of aromatic amines is 1. The molecule has 2 N–H and O–H groups in total. The van der Waals surface area contributed by atoms with Crippen molar-refractivity contribution < 1.29 is 4.74 Å². The molecule has 0 atom stereocenters. The molecule has 0 amide bonds. The summed E-state index contributed by atoms with van der Waals surface area (Å²) in [6.07, 6.45) is 8.54. The average molecular weight is 398 g/mol. The third-order valence-corrected chi connectivity index (χ3v) is 5.89. The lowest BCUT2D eigenvalue weighted by Crippen LogP contribution is -2.26. The molecule has 1 saturated carbocycles. The zero-order chi connectivity index (χ0) is 20.8. The first-order valence-electron chi connectivity index (χ1n) is 10.6. The highest BCUT2D eigenvalue weighted by atomic mass is 16.5. The number of rotatable bonds is 9. The van der Waals surface area contributed by atoms with E-state index in [4.69, 9.17) is 9.73 Å². The van der Waals surface area contributed by atoms with Gasteiger partial charge in [-0.2, -0.15) is 5.10 Å². The molecule has 2 aliphatic rings. The highest BCUT2D eigenvalue weighted by molar-refractivity contribution is 5.82. The molecule has 2 heterocycles. The quantitative estimate of drug-likeness (QED) is 0.462. The van der Waals surface area contributed by atoms with Gasteiger partial charge in [0.15, 0.2) is 5.82 Å². The zero-order valence-corrected chi connectivity index (χ0v) is 18.1. The van der Waals surface area contributed by atoms with Crippen molar-refractivity contribution in [1.82, 2.24) is 15.1 Å². The molecule has 1 saturated heterocycles. The molecule has 2 fully saturated rings. The monoisotopic (exact) mass is 397 g/mol. The van der Waals surface area contributed by atoms with E-state index in [1.165, 1.54) is 32.1 Å². The number of aliphatic imine (C=N–C) groups is 1. The Morgan fingerprint density at radius 3 is 2.66 bits per heavy atom. The molecule has 0 radical (unpaired) electrons. The van der Waals surface area contributed by atoms with Crippen LogP contribution in [0.2, 0.25) is 0 Å². The third-order valence-electron chi connectivity index (χ3n) is 5.89. The maximum absolute atomic E-state index is 5.23. The molecular formula is C23H35N5O. The number of allylic oxidation sites excluding steroid dienone is 3. The number of nitrogens with one attached hydrogen (secondary N) is 2. The van der Waals surface area contributed by atoms with Gasteiger partial charge < -0.3 is 15.0 Å². The molecular weight excluding hydrogens is 362 g/mol. The van der Waals surface area contributed by atoms with Crippen LogP contribution in [0.25, 0.3) is 0 Å². The smallest absolute Gasteiger partial charge is 0.152 e. The number of ether oxygens (including phenoxy) is 1. The third kappa shape index (κ3) is 5.82. The molecule has 0 bridgehead atoms. The summed E-state index contributed by atoms with van der Waals surface area (Å²) in [5.74, 6) is 1.95. The van der Waals surface area contributed by atoms with Crippen molar-refractivity contribution in [3.63, 3.8) is 0 Å². The SMILES string of the molecule is C=C(/C=N\C(C(=C)C)=C(/C)N(C)CC1CCCCC1)Nc1cc(C2COC2)[nH]n1. The predicted molar refractivity (Wildman–Crippen MR) is 120 cm³/mol. The van der Waals surface area contributed by atoms with Crippen molar-refractivity contribution >= 4 is 12.0 Å². The first-order valence-corrected chi connectivity index (χ1v) is 10.6. The van der Waals surface area contributed by atoms with Gasteiger partial charge >= 0.3 is 0 Å². The maximum Gasteiger partial charge on any atom is 0.152 e. The Bertz CT molecular complexity index is 781. The second-order valence-electron chi connectivity index (χ2n) is 8.45. The van der Waals surface area contributed by atoms with Crippen LogP contribution in [0.1, 0.15) is 57.6 Å². The van der Waals surface area contributed by atoms with Crippen LogP contribution in [0.4, 0.5) is 5.82 Å². The van der Waals surface area contributed by atoms with Gasteiger partial charge in [0.25, 0.3) is 0 Å². The van der Waals surface area contributed by atoms with Crippen LogP contribution in [0.15, 0.2) is 46.9 Å². The summed E-state index contributed by atoms with van der Waals surface area (Å²) in [4.78, 5) is 7.02. The van der Waals surface area contributed by atoms with E-state index in [1.54, 1.807) is 6.21 Å². The minimum absolute atomic E-state index is 0.417. The summed E-state index contributed by atoms with van der Waals surface area (Å²) < 4.78 is 5.23. The summed E-state index contributed by atoms with van der Waals surface area (Å²) in [6, 6.07) is 2.00. The van der Waals surface area contributed by atoms with E-state index < -0.39 is 0 Å². The molecule has 29 heavy (non-hydrogen) atoms. The lowest BCUT2D eigenvalue weighted by Gasteiger charge is -2.29. The first kappa shape index (κ1) is 21.4. The van der Waals surface area contributed by atoms with Crippen molar-refractivity contribution in [1.29, 1.82) is 0 Å². The van der Waals surface area contributed by atoms with E-state index in [9.17, 15) is 0 Å². The molecule has 0 unspecified atom stereocenters. The van der Waals surface area contributed by atoms with E-state index in [0.29, 0.717) is 11.6 Å². The van der Waals surface area contributed by atoms with E-state index in [1.807, 2.05) is 13.0 Å². The van der Waals surface area contributed by atoms with Crippen LogP contribution in [0, 0.1) is 5.92 Å². The summed E-state index contributed by atoms with van der Waals surface area (Å²) in [5.41, 5.74) is 4.80. The van der Waals surface area contributed by atoms with E-state index in [2.05, 4.69) is 47.5 Å². The lowest BCUT2D eigenvalue weighted by atomic mass is 9.89. The minimum Gasteiger partial charge on any atom is -0.380 e. The van der Waals surface area contributed by atoms with E-state index >= 15 is 0 Å². The Morgan fingerprint density at radius 1 is 1.31 bits per heavy atom. The van der Waals surface area contributed by atoms with Crippen LogP contribution in [0.5, 0.6) is 0 Å². The average Bonchev–Trinajstić information content (AvgIpc) is 3.08. The number of H-pyrrole nitrogens is 1. The number of anilines is 1. The Kier molecular flexibility index (Phi) is 7.31. The standard InChI is InChI=1S/C23H35N5O/c1-16(2)23(18(4)28(5)13-19-9-7-6-8-10-19)24-12-17(3)25-22-11-21(26-27-22)20-14-29-15-20/h11-12,19-20H,1,3,6-10,13-15H2,2,4-5H3,(H2,25,26,27)/b23-18+,24-12-. The predicted octanol–water partition coefficient (Wildman–Crippen LogP) is 4.84. The zero-order valence-electron chi connectivity index (χ0n) is 18.1. The highest BCUT2D eigenvalue weighted by Gasteiger charge is 2.22. The summed E-state index contributed by atoms with van der Waals surface area (Å²) in [6.45, 7) is 14.9. The van der Waals surface area contributed by atoms with Gasteiger partial charge in [-0.1, -0.05) is 32.4 Å². The van der Waals surface area contributed by atoms with Gasteiger partial charge in [-0.15, -0.1) is 0 Å². The van der Waals surface area contributed by atoms with Gasteiger partial charge in [0.1, 0.15) is 0 Å². The van der Waals surface area contributed by atoms with Gasteiger partial charge in [-0.05, 0) is 38.2 Å². The molecule has 158 valence electrons. The van der Waals surface area contributed by atoms with Crippen LogP contribution < -0.4 is 5.32 Å². The van der Waals surface area contributed by atoms with Crippen LogP contribution in [0.3, 0.4) is 0 Å². The number of aromatic nitrogens is 2. The summed E-state index contributed by atoms with van der Waals surface area (Å²) >= 11 is 0. The summed E-state index contributed by atoms with van der Waals surface area (Å²) in [7, 11) is 2.16. The normalized spacial score (nSPS) is 19.0. The molecule has 3 rings (SSSR count). The molecule has 0 spiro atoms. The molecule has 6 nitrogen and oxygen atoms in total. The van der Waals surface area contributed by atoms with Gasteiger partial charge in [0.2, 0.25) is 0 Å². The van der Waals surface area contributed by atoms with Crippen molar-refractivity contribution in [3.05, 3.63) is 47.6 Å². The minimum atomic E-state index is 0.417. The van der Waals surface area contributed by atoms with Crippen LogP contribution >= 0.6 is 0 Å².